The molecule has 1 aliphatic heterocycles. The molecule has 1 atom stereocenters. The second kappa shape index (κ2) is 9.04. The number of alkyl halides is 2. The van der Waals surface area contributed by atoms with Crippen LogP contribution in [-0.4, -0.2) is 29.9 Å². The van der Waals surface area contributed by atoms with Gasteiger partial charge in [-0.05, 0) is 25.0 Å². The molecular formula is C21H23F2O6P. The van der Waals surface area contributed by atoms with Crippen LogP contribution < -0.4 is 0 Å². The molecule has 1 fully saturated rings. The Morgan fingerprint density at radius 3 is 1.90 bits per heavy atom. The number of carbonyl (C=O) groups is 1. The molecule has 6 nitrogen and oxygen atoms in total. The molecule has 30 heavy (non-hydrogen) atoms. The van der Waals surface area contributed by atoms with E-state index in [1.165, 1.54) is 13.8 Å². The van der Waals surface area contributed by atoms with Crippen LogP contribution in [0.25, 0.3) is 0 Å². The molecule has 3 rings (SSSR count). The van der Waals surface area contributed by atoms with Gasteiger partial charge in [-0.1, -0.05) is 60.7 Å². The van der Waals surface area contributed by atoms with Crippen molar-refractivity contribution >= 4 is 13.4 Å². The minimum Gasteiger partial charge on any atom is -0.347 e. The number of hydrogen-bond acceptors (Lipinski definition) is 6. The molecule has 2 aromatic rings. The van der Waals surface area contributed by atoms with Gasteiger partial charge in [-0.25, -0.2) is 0 Å². The van der Waals surface area contributed by atoms with Crippen molar-refractivity contribution in [3.05, 3.63) is 71.8 Å². The molecule has 0 unspecified atom stereocenters. The maximum atomic E-state index is 15.2. The van der Waals surface area contributed by atoms with E-state index < -0.39 is 44.1 Å². The van der Waals surface area contributed by atoms with Crippen LogP contribution in [0.15, 0.2) is 60.7 Å². The van der Waals surface area contributed by atoms with Crippen LogP contribution in [0.1, 0.15) is 25.0 Å². The summed E-state index contributed by atoms with van der Waals surface area (Å²) in [7, 11) is -5.22. The fourth-order valence-electron chi connectivity index (χ4n) is 2.81. The Morgan fingerprint density at radius 1 is 1.03 bits per heavy atom. The fourth-order valence-corrected chi connectivity index (χ4v) is 4.26. The van der Waals surface area contributed by atoms with E-state index in [0.717, 1.165) is 0 Å². The molecular weight excluding hydrogens is 417 g/mol. The number of rotatable bonds is 9. The normalized spacial score (nSPS) is 19.0. The third-order valence-corrected chi connectivity index (χ3v) is 6.28. The van der Waals surface area contributed by atoms with Crippen LogP contribution in [0.5, 0.6) is 0 Å². The number of ether oxygens (including phenoxy) is 2. The minimum absolute atomic E-state index is 0.376. The molecule has 0 spiro atoms. The zero-order chi connectivity index (χ0) is 21.8. The van der Waals surface area contributed by atoms with Crippen molar-refractivity contribution in [2.75, 3.05) is 6.61 Å². The highest BCUT2D eigenvalue weighted by molar-refractivity contribution is 7.56. The summed E-state index contributed by atoms with van der Waals surface area (Å²) in [5.74, 6) is -2.89. The van der Waals surface area contributed by atoms with Crippen molar-refractivity contribution in [2.24, 2.45) is 0 Å². The minimum atomic E-state index is -5.22. The lowest BCUT2D eigenvalue weighted by atomic mass is 10.2. The first-order valence-corrected chi connectivity index (χ1v) is 10.9. The van der Waals surface area contributed by atoms with Gasteiger partial charge >= 0.3 is 13.3 Å². The van der Waals surface area contributed by atoms with Gasteiger partial charge in [0.25, 0.3) is 0 Å². The van der Waals surface area contributed by atoms with E-state index in [9.17, 15) is 9.36 Å². The van der Waals surface area contributed by atoms with Crippen molar-refractivity contribution in [1.29, 1.82) is 0 Å². The summed E-state index contributed by atoms with van der Waals surface area (Å²) < 4.78 is 64.2. The Hall–Kier alpha value is -1.96. The van der Waals surface area contributed by atoms with Gasteiger partial charge in [0.05, 0.1) is 19.8 Å². The van der Waals surface area contributed by atoms with Gasteiger partial charge in [0.15, 0.2) is 5.79 Å². The van der Waals surface area contributed by atoms with E-state index in [0.29, 0.717) is 11.1 Å². The highest BCUT2D eigenvalue weighted by atomic mass is 31.2. The van der Waals surface area contributed by atoms with Crippen molar-refractivity contribution < 1.29 is 36.7 Å². The molecule has 1 heterocycles. The van der Waals surface area contributed by atoms with Crippen LogP contribution in [0, 0.1) is 0 Å². The monoisotopic (exact) mass is 440 g/mol. The summed E-state index contributed by atoms with van der Waals surface area (Å²) in [4.78, 5) is 12.5. The lowest BCUT2D eigenvalue weighted by molar-refractivity contribution is -0.162. The third-order valence-electron chi connectivity index (χ3n) is 4.43. The summed E-state index contributed by atoms with van der Waals surface area (Å²) in [5, 5.41) is 0. The van der Waals surface area contributed by atoms with Gasteiger partial charge in [0.2, 0.25) is 5.78 Å². The molecule has 2 aromatic carbocycles. The van der Waals surface area contributed by atoms with Crippen LogP contribution in [0.2, 0.25) is 0 Å². The largest absolute Gasteiger partial charge is 0.408 e. The number of halogens is 2. The van der Waals surface area contributed by atoms with Gasteiger partial charge in [-0.3, -0.25) is 18.4 Å². The van der Waals surface area contributed by atoms with Crippen LogP contribution in [0.4, 0.5) is 8.78 Å². The molecule has 1 aliphatic rings. The molecule has 0 aromatic heterocycles. The van der Waals surface area contributed by atoms with Gasteiger partial charge < -0.3 is 9.47 Å². The lowest BCUT2D eigenvalue weighted by Gasteiger charge is -2.27. The molecule has 0 saturated carbocycles. The first-order valence-electron chi connectivity index (χ1n) is 9.34. The predicted octanol–water partition coefficient (Wildman–Crippen LogP) is 4.93. The number of ketones is 1. The average Bonchev–Trinajstić information content (AvgIpc) is 3.11. The number of benzene rings is 2. The Kier molecular flexibility index (Phi) is 6.84. The second-order valence-corrected chi connectivity index (χ2v) is 9.31. The second-order valence-electron chi connectivity index (χ2n) is 7.24. The van der Waals surface area contributed by atoms with Gasteiger partial charge in [0, 0.05) is 0 Å². The summed E-state index contributed by atoms with van der Waals surface area (Å²) in [6, 6.07) is 16.7. The topological polar surface area (TPSA) is 71.1 Å². The Morgan fingerprint density at radius 2 is 1.50 bits per heavy atom. The molecule has 1 saturated heterocycles. The Labute approximate surface area is 173 Å². The predicted molar refractivity (Wildman–Crippen MR) is 105 cm³/mol. The molecule has 0 radical (unpaired) electrons. The van der Waals surface area contributed by atoms with E-state index in [2.05, 4.69) is 0 Å². The van der Waals surface area contributed by atoms with Crippen LogP contribution >= 0.6 is 7.60 Å². The molecule has 0 amide bonds. The van der Waals surface area contributed by atoms with E-state index in [1.54, 1.807) is 60.7 Å². The molecule has 162 valence electrons. The average molecular weight is 440 g/mol. The molecule has 0 aliphatic carbocycles. The molecule has 0 N–H and O–H groups in total. The van der Waals surface area contributed by atoms with E-state index in [4.69, 9.17) is 18.5 Å². The highest BCUT2D eigenvalue weighted by Crippen LogP contribution is 2.63. The zero-order valence-corrected chi connectivity index (χ0v) is 17.5. The van der Waals surface area contributed by atoms with E-state index in [1.807, 2.05) is 0 Å². The Bertz CT molecular complexity index is 857. The number of carbonyl (C=O) groups excluding carboxylic acids is 1. The summed E-state index contributed by atoms with van der Waals surface area (Å²) in [5.41, 5.74) is -3.41. The Balaban J connectivity index is 1.82. The van der Waals surface area contributed by atoms with Gasteiger partial charge in [-0.15, -0.1) is 0 Å². The van der Waals surface area contributed by atoms with Gasteiger partial charge in [-0.2, -0.15) is 8.78 Å². The number of Topliss-reactive ketones (excluding diaryl/α,β-unsaturated/α-hetero) is 1. The summed E-state index contributed by atoms with van der Waals surface area (Å²) in [6.07, 6.45) is -1.58. The quantitative estimate of drug-likeness (QED) is 0.515. The first-order chi connectivity index (χ1) is 14.1. The van der Waals surface area contributed by atoms with Crippen LogP contribution in [-0.2, 0) is 41.1 Å². The highest BCUT2D eigenvalue weighted by Gasteiger charge is 2.63. The maximum Gasteiger partial charge on any atom is 0.408 e. The fraction of sp³-hybridized carbons (Fsp3) is 0.381. The van der Waals surface area contributed by atoms with Crippen molar-refractivity contribution in [1.82, 2.24) is 0 Å². The van der Waals surface area contributed by atoms with Crippen LogP contribution in [0.3, 0.4) is 0 Å². The lowest BCUT2D eigenvalue weighted by Crippen LogP contribution is -2.40. The summed E-state index contributed by atoms with van der Waals surface area (Å²) in [6.45, 7) is 1.79. The van der Waals surface area contributed by atoms with Crippen molar-refractivity contribution in [3.8, 4) is 0 Å². The molecule has 9 heteroatoms. The van der Waals surface area contributed by atoms with E-state index >= 15 is 8.78 Å². The maximum absolute atomic E-state index is 15.2. The standard InChI is InChI=1S/C21H23F2O6P/c1-20(2)26-15-18(29-20)19(24)21(22,23)30(25,27-13-16-9-5-3-6-10-16)28-14-17-11-7-4-8-12-17/h3-12,18H,13-15H2,1-2H3/t18-/m1/s1. The van der Waals surface area contributed by atoms with Gasteiger partial charge in [0.1, 0.15) is 6.10 Å². The smallest absolute Gasteiger partial charge is 0.347 e. The summed E-state index contributed by atoms with van der Waals surface area (Å²) >= 11 is 0. The first kappa shape index (κ1) is 22.7. The third kappa shape index (κ3) is 5.20. The van der Waals surface area contributed by atoms with Crippen molar-refractivity contribution in [2.45, 2.75) is 44.6 Å². The number of hydrogen-bond donors (Lipinski definition) is 0. The zero-order valence-electron chi connectivity index (χ0n) is 16.6. The van der Waals surface area contributed by atoms with E-state index in [-0.39, 0.29) is 6.61 Å². The molecule has 0 bridgehead atoms. The SMILES string of the molecule is CC1(C)OC[C@H](C(=O)C(F)(F)P(=O)(OCc2ccccc2)OCc2ccccc2)O1. The van der Waals surface area contributed by atoms with Crippen molar-refractivity contribution in [3.63, 3.8) is 0 Å².